The highest BCUT2D eigenvalue weighted by Gasteiger charge is 2.55. The van der Waals surface area contributed by atoms with Crippen LogP contribution in [-0.2, 0) is 14.9 Å². The SMILES string of the molecule is COC1=C(C[Si](C(C)C)(C(C)C)C(C)C)[C@@H](C)[C@](C)(c2c[nH]c3ccc(OC)cc23)C1=O. The fourth-order valence-corrected chi connectivity index (χ4v) is 12.9. The summed E-state index contributed by atoms with van der Waals surface area (Å²) in [5, 5.41) is 1.05. The molecule has 2 aromatic rings. The predicted molar refractivity (Wildman–Crippen MR) is 136 cm³/mol. The van der Waals surface area contributed by atoms with Crippen LogP contribution in [0.25, 0.3) is 10.9 Å². The Morgan fingerprint density at radius 2 is 1.62 bits per heavy atom. The summed E-state index contributed by atoms with van der Waals surface area (Å²) in [7, 11) is 1.58. The fraction of sp³-hybridized carbons (Fsp3) is 0.593. The molecule has 3 rings (SSSR count). The minimum absolute atomic E-state index is 0.0678. The smallest absolute Gasteiger partial charge is 0.208 e. The molecule has 0 aliphatic heterocycles. The molecule has 0 amide bonds. The molecule has 1 aromatic carbocycles. The molecule has 0 fully saturated rings. The summed E-state index contributed by atoms with van der Waals surface area (Å²) >= 11 is 0. The number of fused-ring (bicyclic) bond motifs is 1. The first-order valence-electron chi connectivity index (χ1n) is 11.9. The summed E-state index contributed by atoms with van der Waals surface area (Å²) < 4.78 is 11.3. The third kappa shape index (κ3) is 3.44. The number of ether oxygens (including phenoxy) is 2. The lowest BCUT2D eigenvalue weighted by atomic mass is 9.72. The number of nitrogens with one attached hydrogen (secondary N) is 1. The molecule has 0 bridgehead atoms. The van der Waals surface area contributed by atoms with Gasteiger partial charge in [-0.25, -0.2) is 0 Å². The Morgan fingerprint density at radius 3 is 2.12 bits per heavy atom. The Bertz CT molecular complexity index is 1010. The summed E-state index contributed by atoms with van der Waals surface area (Å²) in [5.41, 5.74) is 4.47. The third-order valence-electron chi connectivity index (χ3n) is 8.73. The first kappa shape index (κ1) is 24.6. The van der Waals surface area contributed by atoms with Gasteiger partial charge in [-0.1, -0.05) is 65.1 Å². The van der Waals surface area contributed by atoms with Gasteiger partial charge in [0, 0.05) is 17.1 Å². The highest BCUT2D eigenvalue weighted by atomic mass is 28.3. The van der Waals surface area contributed by atoms with E-state index < -0.39 is 13.5 Å². The normalized spacial score (nSPS) is 22.2. The lowest BCUT2D eigenvalue weighted by Gasteiger charge is -2.44. The molecule has 5 heteroatoms. The number of rotatable bonds is 8. The van der Waals surface area contributed by atoms with Gasteiger partial charge >= 0.3 is 0 Å². The van der Waals surface area contributed by atoms with Crippen LogP contribution in [0, 0.1) is 5.92 Å². The Morgan fingerprint density at radius 1 is 1.03 bits per heavy atom. The number of H-pyrrole nitrogens is 1. The van der Waals surface area contributed by atoms with Crippen molar-refractivity contribution >= 4 is 24.8 Å². The van der Waals surface area contributed by atoms with Crippen molar-refractivity contribution in [1.29, 1.82) is 0 Å². The first-order chi connectivity index (χ1) is 15.0. The monoisotopic (exact) mass is 455 g/mol. The van der Waals surface area contributed by atoms with Crippen LogP contribution in [0.15, 0.2) is 35.7 Å². The lowest BCUT2D eigenvalue weighted by Crippen LogP contribution is -2.45. The molecule has 1 aliphatic carbocycles. The number of Topliss-reactive ketones (excluding diaryl/α,β-unsaturated/α-hetero) is 1. The zero-order valence-corrected chi connectivity index (χ0v) is 22.6. The molecule has 0 unspecified atom stereocenters. The van der Waals surface area contributed by atoms with Gasteiger partial charge in [0.15, 0.2) is 5.76 Å². The molecule has 0 saturated heterocycles. The maximum Gasteiger partial charge on any atom is 0.208 e. The van der Waals surface area contributed by atoms with Crippen LogP contribution >= 0.6 is 0 Å². The van der Waals surface area contributed by atoms with E-state index in [0.717, 1.165) is 28.3 Å². The second-order valence-corrected chi connectivity index (χ2v) is 16.7. The first-order valence-corrected chi connectivity index (χ1v) is 14.4. The topological polar surface area (TPSA) is 51.3 Å². The summed E-state index contributed by atoms with van der Waals surface area (Å²) in [4.78, 5) is 17.3. The molecule has 1 aromatic heterocycles. The Balaban J connectivity index is 2.16. The standard InChI is InChI=1S/C27H41NO3Si/c1-16(2)32(17(3)4,18(5)6)15-22-19(7)27(8,26(29)25(22)31-10)23-14-28-24-12-11-20(30-9)13-21(23)24/h11-14,16-19,28H,15H2,1-10H3/t19-,27-/m1/s1. The zero-order chi connectivity index (χ0) is 24.0. The number of methoxy groups -OCH3 is 2. The minimum Gasteiger partial charge on any atom is -0.497 e. The molecule has 176 valence electrons. The summed E-state index contributed by atoms with van der Waals surface area (Å²) in [6, 6.07) is 7.01. The van der Waals surface area contributed by atoms with E-state index in [4.69, 9.17) is 9.47 Å². The molecule has 4 nitrogen and oxygen atoms in total. The maximum absolute atomic E-state index is 14.0. The van der Waals surface area contributed by atoms with Crippen molar-refractivity contribution in [2.24, 2.45) is 5.92 Å². The number of carbonyl (C=O) groups is 1. The second-order valence-electron chi connectivity index (χ2n) is 10.7. The van der Waals surface area contributed by atoms with Crippen molar-refractivity contribution in [3.8, 4) is 5.75 Å². The number of ketones is 1. The zero-order valence-electron chi connectivity index (χ0n) is 21.6. The molecule has 1 N–H and O–H groups in total. The predicted octanol–water partition coefficient (Wildman–Crippen LogP) is 7.23. The van der Waals surface area contributed by atoms with Crippen molar-refractivity contribution in [2.45, 2.75) is 83.5 Å². The molecule has 0 spiro atoms. The van der Waals surface area contributed by atoms with Crippen LogP contribution in [0.5, 0.6) is 5.75 Å². The van der Waals surface area contributed by atoms with E-state index >= 15 is 0 Å². The Hall–Kier alpha value is -2.01. The van der Waals surface area contributed by atoms with Gasteiger partial charge < -0.3 is 14.5 Å². The number of aromatic amines is 1. The van der Waals surface area contributed by atoms with Crippen LogP contribution < -0.4 is 4.74 Å². The number of aromatic nitrogens is 1. The molecule has 0 radical (unpaired) electrons. The van der Waals surface area contributed by atoms with Crippen molar-refractivity contribution in [2.75, 3.05) is 14.2 Å². The van der Waals surface area contributed by atoms with Gasteiger partial charge in [0.05, 0.1) is 27.7 Å². The second kappa shape index (κ2) is 8.73. The lowest BCUT2D eigenvalue weighted by molar-refractivity contribution is -0.122. The highest BCUT2D eigenvalue weighted by Crippen LogP contribution is 2.54. The van der Waals surface area contributed by atoms with Crippen LogP contribution in [0.3, 0.4) is 0 Å². The molecule has 0 saturated carbocycles. The van der Waals surface area contributed by atoms with Crippen LogP contribution in [-0.4, -0.2) is 33.1 Å². The minimum atomic E-state index is -1.76. The Labute approximate surface area is 194 Å². The van der Waals surface area contributed by atoms with Crippen molar-refractivity contribution in [3.05, 3.63) is 41.3 Å². The number of carbonyl (C=O) groups excluding carboxylic acids is 1. The van der Waals surface area contributed by atoms with E-state index in [-0.39, 0.29) is 11.7 Å². The van der Waals surface area contributed by atoms with Gasteiger partial charge in [0.2, 0.25) is 5.78 Å². The van der Waals surface area contributed by atoms with Crippen molar-refractivity contribution in [3.63, 3.8) is 0 Å². The van der Waals surface area contributed by atoms with Gasteiger partial charge in [-0.3, -0.25) is 4.79 Å². The van der Waals surface area contributed by atoms with Gasteiger partial charge in [-0.15, -0.1) is 0 Å². The van der Waals surface area contributed by atoms with Crippen LogP contribution in [0.4, 0.5) is 0 Å². The molecular formula is C27H41NO3Si. The molecule has 2 atom stereocenters. The van der Waals surface area contributed by atoms with E-state index in [9.17, 15) is 4.79 Å². The number of hydrogen-bond donors (Lipinski definition) is 1. The molecule has 1 heterocycles. The average Bonchev–Trinajstić information content (AvgIpc) is 3.24. The third-order valence-corrected chi connectivity index (χ3v) is 16.2. The molecule has 32 heavy (non-hydrogen) atoms. The maximum atomic E-state index is 14.0. The van der Waals surface area contributed by atoms with Crippen LogP contribution in [0.2, 0.25) is 22.7 Å². The van der Waals surface area contributed by atoms with Gasteiger partial charge in [0.25, 0.3) is 0 Å². The highest BCUT2D eigenvalue weighted by molar-refractivity contribution is 6.84. The van der Waals surface area contributed by atoms with Gasteiger partial charge in [-0.2, -0.15) is 0 Å². The summed E-state index contributed by atoms with van der Waals surface area (Å²) in [5.74, 6) is 1.56. The number of allylic oxidation sites excluding steroid dienone is 2. The van der Waals surface area contributed by atoms with E-state index in [1.54, 1.807) is 14.2 Å². The summed E-state index contributed by atoms with van der Waals surface area (Å²) in [6.45, 7) is 18.6. The van der Waals surface area contributed by atoms with Gasteiger partial charge in [-0.05, 0) is 48.2 Å². The van der Waals surface area contributed by atoms with E-state index in [1.165, 1.54) is 5.57 Å². The van der Waals surface area contributed by atoms with E-state index in [0.29, 0.717) is 22.4 Å². The Kier molecular flexibility index (Phi) is 6.72. The molecular weight excluding hydrogens is 414 g/mol. The van der Waals surface area contributed by atoms with Crippen LogP contribution in [0.1, 0.15) is 61.0 Å². The number of benzene rings is 1. The summed E-state index contributed by atoms with van der Waals surface area (Å²) in [6.07, 6.45) is 2.01. The van der Waals surface area contributed by atoms with Crippen molar-refractivity contribution < 1.29 is 14.3 Å². The van der Waals surface area contributed by atoms with Crippen molar-refractivity contribution in [1.82, 2.24) is 4.98 Å². The van der Waals surface area contributed by atoms with E-state index in [1.807, 2.05) is 24.4 Å². The van der Waals surface area contributed by atoms with Gasteiger partial charge in [0.1, 0.15) is 5.75 Å². The average molecular weight is 456 g/mol. The molecule has 1 aliphatic rings. The quantitative estimate of drug-likeness (QED) is 0.427. The number of hydrogen-bond acceptors (Lipinski definition) is 3. The van der Waals surface area contributed by atoms with E-state index in [2.05, 4.69) is 60.4 Å². The largest absolute Gasteiger partial charge is 0.497 e. The fourth-order valence-electron chi connectivity index (χ4n) is 6.53.